The number of benzene rings is 1. The Morgan fingerprint density at radius 1 is 1.09 bits per heavy atom. The van der Waals surface area contributed by atoms with Crippen molar-refractivity contribution in [2.24, 2.45) is 0 Å². The van der Waals surface area contributed by atoms with Crippen LogP contribution in [-0.2, 0) is 12.4 Å². The van der Waals surface area contributed by atoms with Crippen molar-refractivity contribution >= 4 is 22.8 Å². The van der Waals surface area contributed by atoms with Crippen LogP contribution in [0.15, 0.2) is 12.1 Å². The lowest BCUT2D eigenvalue weighted by Crippen LogP contribution is -2.13. The third-order valence-corrected chi connectivity index (χ3v) is 4.37. The van der Waals surface area contributed by atoms with Crippen LogP contribution >= 0.6 is 11.8 Å². The Bertz CT molecular complexity index is 699. The maximum absolute atomic E-state index is 13.0. The summed E-state index contributed by atoms with van der Waals surface area (Å²) in [6, 6.07) is 0.753. The predicted molar refractivity (Wildman–Crippen MR) is 69.3 cm³/mol. The number of hydrogen-bond acceptors (Lipinski definition) is 3. The Morgan fingerprint density at radius 3 is 2.36 bits per heavy atom. The number of alkyl halides is 6. The van der Waals surface area contributed by atoms with Crippen LogP contribution in [-0.4, -0.2) is 22.3 Å². The molecular formula is C12H9F6N3S. The quantitative estimate of drug-likeness (QED) is 0.772. The summed E-state index contributed by atoms with van der Waals surface area (Å²) in [7, 11) is 0. The van der Waals surface area contributed by atoms with Gasteiger partial charge in [-0.1, -0.05) is 0 Å². The van der Waals surface area contributed by atoms with Crippen molar-refractivity contribution in [3.05, 3.63) is 29.1 Å². The molecule has 120 valence electrons. The Hall–Kier alpha value is -1.42. The first kappa shape index (κ1) is 15.5. The van der Waals surface area contributed by atoms with Gasteiger partial charge < -0.3 is 4.98 Å². The highest BCUT2D eigenvalue weighted by Crippen LogP contribution is 2.40. The standard InChI is InChI=1S/C12H9F6N3S/c13-11(14,15)5-3-6(12(16,17)18)8-7(4-5)20-9(21-8)10-19-1-2-22-10/h3-4,10,19H,1-2H2,(H,20,21). The van der Waals surface area contributed by atoms with Gasteiger partial charge in [-0.05, 0) is 12.1 Å². The highest BCUT2D eigenvalue weighted by molar-refractivity contribution is 7.99. The molecule has 0 radical (unpaired) electrons. The molecule has 3 nitrogen and oxygen atoms in total. The zero-order valence-corrected chi connectivity index (χ0v) is 11.6. The van der Waals surface area contributed by atoms with Crippen LogP contribution in [0.3, 0.4) is 0 Å². The molecule has 3 rings (SSSR count). The summed E-state index contributed by atoms with van der Waals surface area (Å²) in [5, 5.41) is 2.66. The number of rotatable bonds is 1. The van der Waals surface area contributed by atoms with Crippen molar-refractivity contribution in [2.45, 2.75) is 17.7 Å². The monoisotopic (exact) mass is 341 g/mol. The molecule has 0 aliphatic carbocycles. The second kappa shape index (κ2) is 5.05. The Morgan fingerprint density at radius 2 is 1.82 bits per heavy atom. The fraction of sp³-hybridized carbons (Fsp3) is 0.417. The van der Waals surface area contributed by atoms with Crippen LogP contribution in [0.2, 0.25) is 0 Å². The first-order valence-corrected chi connectivity index (χ1v) is 7.24. The van der Waals surface area contributed by atoms with Crippen LogP contribution < -0.4 is 5.32 Å². The molecule has 2 heterocycles. The first-order chi connectivity index (χ1) is 10.2. The molecule has 1 aliphatic heterocycles. The highest BCUT2D eigenvalue weighted by atomic mass is 32.2. The fourth-order valence-corrected chi connectivity index (χ4v) is 3.22. The third kappa shape index (κ3) is 2.76. The summed E-state index contributed by atoms with van der Waals surface area (Å²) in [5.41, 5.74) is -3.51. The molecule has 1 aliphatic rings. The van der Waals surface area contributed by atoms with Gasteiger partial charge in [0.15, 0.2) is 0 Å². The van der Waals surface area contributed by atoms with Crippen LogP contribution in [0.4, 0.5) is 26.3 Å². The molecule has 22 heavy (non-hydrogen) atoms. The van der Waals surface area contributed by atoms with Gasteiger partial charge in [0.25, 0.3) is 0 Å². The molecule has 1 aromatic carbocycles. The molecule has 2 N–H and O–H groups in total. The minimum atomic E-state index is -4.91. The average Bonchev–Trinajstić information content (AvgIpc) is 3.03. The smallest absolute Gasteiger partial charge is 0.340 e. The third-order valence-electron chi connectivity index (χ3n) is 3.20. The van der Waals surface area contributed by atoms with Crippen LogP contribution in [0, 0.1) is 0 Å². The van der Waals surface area contributed by atoms with E-state index in [2.05, 4.69) is 15.3 Å². The lowest BCUT2D eigenvalue weighted by Gasteiger charge is -2.11. The van der Waals surface area contributed by atoms with Crippen LogP contribution in [0.5, 0.6) is 0 Å². The summed E-state index contributed by atoms with van der Waals surface area (Å²) in [6.45, 7) is 0.659. The molecule has 0 amide bonds. The molecule has 1 fully saturated rings. The van der Waals surface area contributed by atoms with Gasteiger partial charge in [0.1, 0.15) is 16.7 Å². The molecule has 2 aromatic rings. The average molecular weight is 341 g/mol. The highest BCUT2D eigenvalue weighted by Gasteiger charge is 2.39. The van der Waals surface area contributed by atoms with E-state index >= 15 is 0 Å². The Labute approximate surface area is 124 Å². The lowest BCUT2D eigenvalue weighted by atomic mass is 10.1. The first-order valence-electron chi connectivity index (χ1n) is 6.19. The van der Waals surface area contributed by atoms with Gasteiger partial charge in [-0.25, -0.2) is 4.98 Å². The molecule has 1 atom stereocenters. The molecule has 1 aromatic heterocycles. The van der Waals surface area contributed by atoms with Gasteiger partial charge in [0.05, 0.1) is 16.6 Å². The minimum Gasteiger partial charge on any atom is -0.340 e. The topological polar surface area (TPSA) is 40.7 Å². The van der Waals surface area contributed by atoms with E-state index < -0.39 is 29.0 Å². The molecule has 0 bridgehead atoms. The van der Waals surface area contributed by atoms with Gasteiger partial charge in [-0.3, -0.25) is 5.32 Å². The van der Waals surface area contributed by atoms with E-state index in [9.17, 15) is 26.3 Å². The van der Waals surface area contributed by atoms with Crippen molar-refractivity contribution < 1.29 is 26.3 Å². The zero-order chi connectivity index (χ0) is 16.1. The molecule has 0 spiro atoms. The zero-order valence-electron chi connectivity index (χ0n) is 10.8. The SMILES string of the molecule is FC(F)(F)c1cc(C(F)(F)F)c2nc(C3NCCS3)[nH]c2c1. The predicted octanol–water partition coefficient (Wildman–Crippen LogP) is 3.94. The summed E-state index contributed by atoms with van der Waals surface area (Å²) < 4.78 is 77.4. The van der Waals surface area contributed by atoms with E-state index in [1.165, 1.54) is 11.8 Å². The van der Waals surface area contributed by atoms with Gasteiger partial charge in [-0.2, -0.15) is 26.3 Å². The van der Waals surface area contributed by atoms with Crippen molar-refractivity contribution in [1.29, 1.82) is 0 Å². The number of fused-ring (bicyclic) bond motifs is 1. The van der Waals surface area contributed by atoms with E-state index in [0.29, 0.717) is 12.6 Å². The summed E-state index contributed by atoms with van der Waals surface area (Å²) >= 11 is 1.43. The number of nitrogens with one attached hydrogen (secondary N) is 2. The second-order valence-corrected chi connectivity index (χ2v) is 5.96. The normalized spacial score (nSPS) is 20.0. The number of nitrogens with zero attached hydrogens (tertiary/aromatic N) is 1. The number of H-pyrrole nitrogens is 1. The van der Waals surface area contributed by atoms with Crippen LogP contribution in [0.25, 0.3) is 11.0 Å². The second-order valence-electron chi connectivity index (χ2n) is 4.74. The maximum Gasteiger partial charge on any atom is 0.418 e. The minimum absolute atomic E-state index is 0.0994. The van der Waals surface area contributed by atoms with E-state index in [1.54, 1.807) is 0 Å². The number of aromatic amines is 1. The fourth-order valence-electron chi connectivity index (χ4n) is 2.24. The van der Waals surface area contributed by atoms with Gasteiger partial charge in [0, 0.05) is 12.3 Å². The number of hydrogen-bond donors (Lipinski definition) is 2. The Kier molecular flexibility index (Phi) is 3.55. The molecule has 1 unspecified atom stereocenters. The van der Waals surface area contributed by atoms with Crippen molar-refractivity contribution in [3.8, 4) is 0 Å². The number of halogens is 6. The van der Waals surface area contributed by atoms with Gasteiger partial charge in [-0.15, -0.1) is 11.8 Å². The van der Waals surface area contributed by atoms with E-state index in [1.807, 2.05) is 0 Å². The van der Waals surface area contributed by atoms with Crippen molar-refractivity contribution in [2.75, 3.05) is 12.3 Å². The number of thioether (sulfide) groups is 1. The maximum atomic E-state index is 13.0. The summed E-state index contributed by atoms with van der Waals surface area (Å²) in [6.07, 6.45) is -9.78. The number of aromatic nitrogens is 2. The summed E-state index contributed by atoms with van der Waals surface area (Å²) in [5.74, 6) is 0.948. The molecule has 0 saturated carbocycles. The van der Waals surface area contributed by atoms with Gasteiger partial charge in [0.2, 0.25) is 0 Å². The van der Waals surface area contributed by atoms with Crippen molar-refractivity contribution in [3.63, 3.8) is 0 Å². The van der Waals surface area contributed by atoms with E-state index in [4.69, 9.17) is 0 Å². The molecule has 1 saturated heterocycles. The van der Waals surface area contributed by atoms with E-state index in [0.717, 1.165) is 5.75 Å². The largest absolute Gasteiger partial charge is 0.418 e. The van der Waals surface area contributed by atoms with Gasteiger partial charge >= 0.3 is 12.4 Å². The van der Waals surface area contributed by atoms with Crippen LogP contribution in [0.1, 0.15) is 22.3 Å². The molecular weight excluding hydrogens is 332 g/mol. The lowest BCUT2D eigenvalue weighted by molar-refractivity contribution is -0.142. The Balaban J connectivity index is 2.20. The number of imidazole rings is 1. The summed E-state index contributed by atoms with van der Waals surface area (Å²) in [4.78, 5) is 6.43. The molecule has 10 heteroatoms. The van der Waals surface area contributed by atoms with Crippen molar-refractivity contribution in [1.82, 2.24) is 15.3 Å². The van der Waals surface area contributed by atoms with E-state index in [-0.39, 0.29) is 22.8 Å².